The lowest BCUT2D eigenvalue weighted by Gasteiger charge is -2.11. The molecule has 0 aliphatic rings. The Bertz CT molecular complexity index is 1520. The summed E-state index contributed by atoms with van der Waals surface area (Å²) in [6.45, 7) is 1.31. The third kappa shape index (κ3) is 3.87. The highest BCUT2D eigenvalue weighted by Gasteiger charge is 2.20. The number of nitrogens with zero attached hydrogens (tertiary/aromatic N) is 4. The molecule has 0 saturated carbocycles. The molecule has 5 nitrogen and oxygen atoms in total. The fourth-order valence-electron chi connectivity index (χ4n) is 3.78. The number of benzene rings is 2. The third-order valence-corrected chi connectivity index (χ3v) is 7.09. The SMILES string of the molecule is C=CCn1c(SCc2nc3ccccc3n2C(F)F)nc2scc(-c3ccccc3)c2c1=O. The maximum Gasteiger partial charge on any atom is 0.320 e. The summed E-state index contributed by atoms with van der Waals surface area (Å²) in [5.41, 5.74) is 2.48. The molecular formula is C24H18F2N4OS2. The Morgan fingerprint density at radius 2 is 1.85 bits per heavy atom. The lowest BCUT2D eigenvalue weighted by atomic mass is 10.1. The van der Waals surface area contributed by atoms with Crippen molar-refractivity contribution in [3.05, 3.63) is 88.8 Å². The van der Waals surface area contributed by atoms with Crippen LogP contribution in [0.25, 0.3) is 32.4 Å². The van der Waals surface area contributed by atoms with E-state index < -0.39 is 6.55 Å². The Morgan fingerprint density at radius 1 is 1.09 bits per heavy atom. The molecule has 0 bridgehead atoms. The van der Waals surface area contributed by atoms with Crippen LogP contribution in [-0.4, -0.2) is 19.1 Å². The number of allylic oxidation sites excluding steroid dienone is 1. The number of fused-ring (bicyclic) bond motifs is 2. The van der Waals surface area contributed by atoms with E-state index in [1.165, 1.54) is 27.7 Å². The second-order valence-electron chi connectivity index (χ2n) is 7.25. The monoisotopic (exact) mass is 480 g/mol. The highest BCUT2D eigenvalue weighted by molar-refractivity contribution is 7.98. The van der Waals surface area contributed by atoms with E-state index >= 15 is 0 Å². The molecule has 33 heavy (non-hydrogen) atoms. The van der Waals surface area contributed by atoms with Gasteiger partial charge in [0.05, 0.1) is 22.2 Å². The largest absolute Gasteiger partial charge is 0.320 e. The molecule has 3 heterocycles. The van der Waals surface area contributed by atoms with Gasteiger partial charge in [-0.15, -0.1) is 17.9 Å². The minimum atomic E-state index is -2.72. The van der Waals surface area contributed by atoms with Gasteiger partial charge in [0.1, 0.15) is 10.7 Å². The molecule has 0 unspecified atom stereocenters. The standard InChI is InChI=1S/C24H18F2N4OS2/c1-2-12-29-22(31)20-16(15-8-4-3-5-9-15)13-32-21(20)28-24(29)33-14-19-27-17-10-6-7-11-18(17)30(19)23(25)26/h2-11,13,23H,1,12,14H2. The summed E-state index contributed by atoms with van der Waals surface area (Å²) in [4.78, 5) is 23.2. The van der Waals surface area contributed by atoms with Crippen LogP contribution < -0.4 is 5.56 Å². The first-order valence-corrected chi connectivity index (χ1v) is 12.0. The van der Waals surface area contributed by atoms with E-state index in [1.807, 2.05) is 35.7 Å². The van der Waals surface area contributed by atoms with Gasteiger partial charge in [-0.2, -0.15) is 8.78 Å². The van der Waals surface area contributed by atoms with Crippen LogP contribution in [0.2, 0.25) is 0 Å². The predicted molar refractivity (Wildman–Crippen MR) is 130 cm³/mol. The van der Waals surface area contributed by atoms with E-state index in [0.717, 1.165) is 15.7 Å². The minimum absolute atomic E-state index is 0.144. The molecule has 5 rings (SSSR count). The molecule has 0 atom stereocenters. The van der Waals surface area contributed by atoms with E-state index in [0.29, 0.717) is 26.4 Å². The first kappa shape index (κ1) is 21.5. The fourth-order valence-corrected chi connectivity index (χ4v) is 5.71. The first-order valence-electron chi connectivity index (χ1n) is 10.1. The van der Waals surface area contributed by atoms with Gasteiger partial charge in [0, 0.05) is 17.5 Å². The van der Waals surface area contributed by atoms with Gasteiger partial charge in [-0.25, -0.2) is 9.97 Å². The van der Waals surface area contributed by atoms with E-state index in [1.54, 1.807) is 30.3 Å². The molecule has 0 saturated heterocycles. The third-order valence-electron chi connectivity index (χ3n) is 5.25. The Morgan fingerprint density at radius 3 is 2.61 bits per heavy atom. The van der Waals surface area contributed by atoms with Crippen molar-refractivity contribution in [3.63, 3.8) is 0 Å². The zero-order valence-corrected chi connectivity index (χ0v) is 19.0. The number of thiophene rings is 1. The summed E-state index contributed by atoms with van der Waals surface area (Å²) in [5, 5.41) is 2.93. The maximum absolute atomic E-state index is 13.8. The summed E-state index contributed by atoms with van der Waals surface area (Å²) in [7, 11) is 0. The molecule has 2 aromatic carbocycles. The number of para-hydroxylation sites is 2. The number of thioether (sulfide) groups is 1. The molecule has 0 spiro atoms. The van der Waals surface area contributed by atoms with E-state index in [4.69, 9.17) is 4.98 Å². The van der Waals surface area contributed by atoms with Crippen molar-refractivity contribution in [2.24, 2.45) is 0 Å². The molecule has 0 aliphatic carbocycles. The summed E-state index contributed by atoms with van der Waals surface area (Å²) < 4.78 is 30.0. The summed E-state index contributed by atoms with van der Waals surface area (Å²) in [6.07, 6.45) is 1.63. The summed E-state index contributed by atoms with van der Waals surface area (Å²) in [6, 6.07) is 16.5. The van der Waals surface area contributed by atoms with Crippen LogP contribution in [-0.2, 0) is 12.3 Å². The number of aromatic nitrogens is 4. The zero-order chi connectivity index (χ0) is 22.9. The van der Waals surface area contributed by atoms with Crippen molar-refractivity contribution in [1.82, 2.24) is 19.1 Å². The lowest BCUT2D eigenvalue weighted by molar-refractivity contribution is 0.0722. The van der Waals surface area contributed by atoms with E-state index in [-0.39, 0.29) is 23.7 Å². The van der Waals surface area contributed by atoms with Crippen LogP contribution in [0.1, 0.15) is 12.4 Å². The number of hydrogen-bond acceptors (Lipinski definition) is 5. The quantitative estimate of drug-likeness (QED) is 0.155. The average molecular weight is 481 g/mol. The molecular weight excluding hydrogens is 462 g/mol. The van der Waals surface area contributed by atoms with Crippen LogP contribution >= 0.6 is 23.1 Å². The second kappa shape index (κ2) is 8.92. The van der Waals surface area contributed by atoms with Crippen LogP contribution in [0.5, 0.6) is 0 Å². The van der Waals surface area contributed by atoms with Crippen molar-refractivity contribution in [2.75, 3.05) is 0 Å². The van der Waals surface area contributed by atoms with Gasteiger partial charge in [-0.3, -0.25) is 13.9 Å². The van der Waals surface area contributed by atoms with Crippen molar-refractivity contribution in [3.8, 4) is 11.1 Å². The Balaban J connectivity index is 1.57. The highest BCUT2D eigenvalue weighted by Crippen LogP contribution is 2.33. The second-order valence-corrected chi connectivity index (χ2v) is 9.05. The number of hydrogen-bond donors (Lipinski definition) is 0. The van der Waals surface area contributed by atoms with Gasteiger partial charge in [-0.05, 0) is 17.7 Å². The molecule has 5 aromatic rings. The average Bonchev–Trinajstić information content (AvgIpc) is 3.42. The Labute approximate surface area is 196 Å². The molecule has 9 heteroatoms. The van der Waals surface area contributed by atoms with Crippen LogP contribution in [0, 0.1) is 0 Å². The van der Waals surface area contributed by atoms with Gasteiger partial charge < -0.3 is 0 Å². The topological polar surface area (TPSA) is 52.7 Å². The maximum atomic E-state index is 13.8. The molecule has 3 aromatic heterocycles. The Hall–Kier alpha value is -3.30. The van der Waals surface area contributed by atoms with Gasteiger partial charge in [0.15, 0.2) is 5.16 Å². The van der Waals surface area contributed by atoms with Gasteiger partial charge in [0.25, 0.3) is 5.56 Å². The van der Waals surface area contributed by atoms with Crippen LogP contribution in [0.15, 0.2) is 82.6 Å². The number of imidazole rings is 1. The van der Waals surface area contributed by atoms with Gasteiger partial charge in [-0.1, -0.05) is 60.3 Å². The molecule has 0 amide bonds. The Kier molecular flexibility index (Phi) is 5.82. The number of rotatable bonds is 7. The number of halogens is 2. The van der Waals surface area contributed by atoms with Crippen LogP contribution in [0.4, 0.5) is 8.78 Å². The highest BCUT2D eigenvalue weighted by atomic mass is 32.2. The van der Waals surface area contributed by atoms with Crippen molar-refractivity contribution >= 4 is 44.3 Å². The zero-order valence-electron chi connectivity index (χ0n) is 17.3. The molecule has 0 radical (unpaired) electrons. The molecule has 0 fully saturated rings. The van der Waals surface area contributed by atoms with Gasteiger partial charge in [0.2, 0.25) is 0 Å². The molecule has 166 valence electrons. The lowest BCUT2D eigenvalue weighted by Crippen LogP contribution is -2.22. The van der Waals surface area contributed by atoms with Crippen molar-refractivity contribution < 1.29 is 8.78 Å². The van der Waals surface area contributed by atoms with Gasteiger partial charge >= 0.3 is 6.55 Å². The van der Waals surface area contributed by atoms with E-state index in [9.17, 15) is 13.6 Å². The van der Waals surface area contributed by atoms with E-state index in [2.05, 4.69) is 11.6 Å². The first-order chi connectivity index (χ1) is 16.1. The molecule has 0 aliphatic heterocycles. The minimum Gasteiger partial charge on any atom is -0.283 e. The summed E-state index contributed by atoms with van der Waals surface area (Å²) in [5.74, 6) is 0.372. The fraction of sp³-hybridized carbons (Fsp3) is 0.125. The van der Waals surface area contributed by atoms with Crippen LogP contribution in [0.3, 0.4) is 0 Å². The normalized spacial score (nSPS) is 11.6. The van der Waals surface area contributed by atoms with Crippen molar-refractivity contribution in [2.45, 2.75) is 24.0 Å². The predicted octanol–water partition coefficient (Wildman–Crippen LogP) is 6.35. The number of alkyl halides is 2. The molecule has 0 N–H and O–H groups in total. The van der Waals surface area contributed by atoms with Crippen molar-refractivity contribution in [1.29, 1.82) is 0 Å². The summed E-state index contributed by atoms with van der Waals surface area (Å²) >= 11 is 2.61. The smallest absolute Gasteiger partial charge is 0.283 e.